The Hall–Kier alpha value is -3.40. The van der Waals surface area contributed by atoms with Crippen LogP contribution in [0.3, 0.4) is 0 Å². The highest BCUT2D eigenvalue weighted by atomic mass is 28.4. The molecule has 3 aromatic rings. The van der Waals surface area contributed by atoms with Gasteiger partial charge in [0.25, 0.3) is 0 Å². The summed E-state index contributed by atoms with van der Waals surface area (Å²) in [5.74, 6) is -0.432. The zero-order valence-corrected chi connectivity index (χ0v) is 27.5. The van der Waals surface area contributed by atoms with E-state index in [2.05, 4.69) is 49.3 Å². The molecule has 10 nitrogen and oxygen atoms in total. The minimum atomic E-state index is -2.00. The Kier molecular flexibility index (Phi) is 8.88. The van der Waals surface area contributed by atoms with Crippen LogP contribution in [0.25, 0.3) is 11.1 Å². The standard InChI is InChI=1S/C30H38FN5O5Si2/c1-29(2,3)43(5,6)39-20-30(19-38-42-4)16-27(33-41-30)22-9-7-21(8-10-22)25-12-11-23(15-26(25)31)36-18-24(40-28(36)37)17-35-14-13-32-34-35/h7-15,24H,16-20H2,1-6H3/t24-,30?/m0/s1. The number of carbonyl (C=O) groups is 1. The molecule has 3 heterocycles. The predicted octanol–water partition coefficient (Wildman–Crippen LogP) is 5.68. The number of carbonyl (C=O) groups excluding carboxylic acids is 1. The summed E-state index contributed by atoms with van der Waals surface area (Å²) in [6, 6.07) is 12.3. The van der Waals surface area contributed by atoms with Crippen LogP contribution in [0, 0.1) is 5.82 Å². The van der Waals surface area contributed by atoms with Gasteiger partial charge in [-0.3, -0.25) is 4.90 Å². The van der Waals surface area contributed by atoms with E-state index in [1.165, 1.54) is 11.0 Å². The lowest BCUT2D eigenvalue weighted by atomic mass is 9.94. The van der Waals surface area contributed by atoms with Crippen molar-refractivity contribution in [2.24, 2.45) is 5.16 Å². The number of nitrogens with zero attached hydrogens (tertiary/aromatic N) is 5. The third kappa shape index (κ3) is 6.90. The molecule has 5 rings (SSSR count). The molecule has 2 aromatic carbocycles. The fourth-order valence-corrected chi connectivity index (χ4v) is 6.18. The van der Waals surface area contributed by atoms with Gasteiger partial charge in [-0.25, -0.2) is 13.9 Å². The quantitative estimate of drug-likeness (QED) is 0.254. The molecule has 1 aromatic heterocycles. The number of cyclic esters (lactones) is 1. The van der Waals surface area contributed by atoms with Crippen LogP contribution in [0.2, 0.25) is 24.7 Å². The number of hydrogen-bond acceptors (Lipinski definition) is 8. The first-order valence-corrected chi connectivity index (χ1v) is 18.6. The van der Waals surface area contributed by atoms with Crippen molar-refractivity contribution in [2.45, 2.75) is 70.1 Å². The van der Waals surface area contributed by atoms with Crippen LogP contribution in [-0.4, -0.2) is 76.3 Å². The Morgan fingerprint density at radius 1 is 1.14 bits per heavy atom. The molecule has 2 radical (unpaired) electrons. The van der Waals surface area contributed by atoms with Gasteiger partial charge in [0.1, 0.15) is 11.9 Å². The average molecular weight is 624 g/mol. The summed E-state index contributed by atoms with van der Waals surface area (Å²) in [6.45, 7) is 14.5. The Labute approximate surface area is 255 Å². The Morgan fingerprint density at radius 3 is 2.53 bits per heavy atom. The first-order chi connectivity index (χ1) is 20.4. The molecule has 1 amide bonds. The van der Waals surface area contributed by atoms with Gasteiger partial charge in [-0.1, -0.05) is 55.4 Å². The summed E-state index contributed by atoms with van der Waals surface area (Å²) in [4.78, 5) is 19.9. The second kappa shape index (κ2) is 12.3. The van der Waals surface area contributed by atoms with Crippen molar-refractivity contribution in [1.29, 1.82) is 0 Å². The average Bonchev–Trinajstić information content (AvgIpc) is 3.72. The fraction of sp³-hybridized carbons (Fsp3) is 0.467. The first kappa shape index (κ1) is 31.0. The molecule has 1 fully saturated rings. The molecule has 0 spiro atoms. The van der Waals surface area contributed by atoms with Crippen LogP contribution in [0.4, 0.5) is 14.9 Å². The van der Waals surface area contributed by atoms with E-state index in [1.807, 2.05) is 30.8 Å². The summed E-state index contributed by atoms with van der Waals surface area (Å²) >= 11 is 0. The smallest absolute Gasteiger partial charge is 0.414 e. The van der Waals surface area contributed by atoms with Crippen molar-refractivity contribution in [3.8, 4) is 11.1 Å². The maximum absolute atomic E-state index is 15.3. The van der Waals surface area contributed by atoms with E-state index in [0.29, 0.717) is 59.3 Å². The zero-order valence-electron chi connectivity index (χ0n) is 25.5. The van der Waals surface area contributed by atoms with Gasteiger partial charge in [-0.05, 0) is 54.0 Å². The Morgan fingerprint density at radius 2 is 1.88 bits per heavy atom. The van der Waals surface area contributed by atoms with Gasteiger partial charge < -0.3 is 18.4 Å². The van der Waals surface area contributed by atoms with E-state index in [0.717, 1.165) is 11.3 Å². The minimum absolute atomic E-state index is 0.0753. The number of halogens is 1. The zero-order chi connectivity index (χ0) is 30.8. The van der Waals surface area contributed by atoms with Crippen molar-refractivity contribution in [1.82, 2.24) is 15.0 Å². The van der Waals surface area contributed by atoms with E-state index in [9.17, 15) is 4.79 Å². The minimum Gasteiger partial charge on any atom is -0.442 e. The number of hydrogen-bond donors (Lipinski definition) is 0. The molecule has 2 aliphatic rings. The fourth-order valence-electron chi connectivity index (χ4n) is 4.72. The molecule has 43 heavy (non-hydrogen) atoms. The summed E-state index contributed by atoms with van der Waals surface area (Å²) in [5, 5.41) is 12.2. The van der Waals surface area contributed by atoms with Crippen molar-refractivity contribution in [3.05, 3.63) is 66.2 Å². The number of aromatic nitrogens is 3. The highest BCUT2D eigenvalue weighted by Crippen LogP contribution is 2.39. The van der Waals surface area contributed by atoms with Crippen molar-refractivity contribution in [2.75, 3.05) is 24.7 Å². The number of ether oxygens (including phenoxy) is 1. The van der Waals surface area contributed by atoms with Gasteiger partial charge >= 0.3 is 6.09 Å². The molecule has 1 saturated heterocycles. The monoisotopic (exact) mass is 623 g/mol. The number of benzene rings is 2. The summed E-state index contributed by atoms with van der Waals surface area (Å²) in [6.07, 6.45) is 2.89. The molecular formula is C30H38FN5O5Si2. The Balaban J connectivity index is 1.25. The molecule has 228 valence electrons. The number of oxime groups is 1. The van der Waals surface area contributed by atoms with Crippen LogP contribution in [-0.2, 0) is 25.0 Å². The summed E-state index contributed by atoms with van der Waals surface area (Å²) in [7, 11) is -1.67. The maximum Gasteiger partial charge on any atom is 0.414 e. The maximum atomic E-state index is 15.3. The van der Waals surface area contributed by atoms with E-state index in [1.54, 1.807) is 29.2 Å². The third-order valence-electron chi connectivity index (χ3n) is 8.35. The molecule has 2 aliphatic heterocycles. The molecule has 13 heteroatoms. The molecule has 2 atom stereocenters. The van der Waals surface area contributed by atoms with Crippen LogP contribution < -0.4 is 4.90 Å². The Bertz CT molecular complexity index is 1460. The second-order valence-electron chi connectivity index (χ2n) is 12.5. The lowest BCUT2D eigenvalue weighted by molar-refractivity contribution is -0.0783. The highest BCUT2D eigenvalue weighted by molar-refractivity contribution is 6.74. The number of amides is 1. The normalized spacial score (nSPS) is 20.7. The predicted molar refractivity (Wildman–Crippen MR) is 165 cm³/mol. The molecule has 0 N–H and O–H groups in total. The van der Waals surface area contributed by atoms with Crippen molar-refractivity contribution >= 4 is 35.6 Å². The van der Waals surface area contributed by atoms with Gasteiger partial charge in [0.2, 0.25) is 9.76 Å². The van der Waals surface area contributed by atoms with Gasteiger partial charge in [0.05, 0.1) is 43.9 Å². The number of anilines is 1. The van der Waals surface area contributed by atoms with Gasteiger partial charge in [0.15, 0.2) is 13.9 Å². The molecule has 1 unspecified atom stereocenters. The largest absolute Gasteiger partial charge is 0.442 e. The van der Waals surface area contributed by atoms with E-state index in [-0.39, 0.29) is 5.04 Å². The van der Waals surface area contributed by atoms with Crippen LogP contribution in [0.5, 0.6) is 0 Å². The van der Waals surface area contributed by atoms with E-state index >= 15 is 4.39 Å². The lowest BCUT2D eigenvalue weighted by Gasteiger charge is -2.39. The second-order valence-corrected chi connectivity index (χ2v) is 18.0. The van der Waals surface area contributed by atoms with Crippen LogP contribution in [0.1, 0.15) is 32.8 Å². The third-order valence-corrected chi connectivity index (χ3v) is 13.3. The van der Waals surface area contributed by atoms with Crippen molar-refractivity contribution < 1.29 is 27.6 Å². The highest BCUT2D eigenvalue weighted by Gasteiger charge is 2.45. The number of rotatable bonds is 11. The van der Waals surface area contributed by atoms with Gasteiger partial charge in [0, 0.05) is 18.2 Å². The van der Waals surface area contributed by atoms with E-state index in [4.69, 9.17) is 18.4 Å². The molecule has 0 saturated carbocycles. The SMILES string of the molecule is C[Si]OCC1(CO[Si](C)(C)C(C)(C)C)CC(c2ccc(-c3ccc(N4C[C@H](Cn5ccnn5)OC4=O)cc3F)cc2)=NO1. The van der Waals surface area contributed by atoms with Crippen LogP contribution in [0.15, 0.2) is 60.0 Å². The topological polar surface area (TPSA) is 100 Å². The first-order valence-electron chi connectivity index (χ1n) is 14.3. The van der Waals surface area contributed by atoms with Gasteiger partial charge in [-0.2, -0.15) is 0 Å². The van der Waals surface area contributed by atoms with Crippen LogP contribution >= 0.6 is 0 Å². The van der Waals surface area contributed by atoms with Gasteiger partial charge in [-0.15, -0.1) is 5.10 Å². The molecule has 0 aliphatic carbocycles. The summed E-state index contributed by atoms with van der Waals surface area (Å²) < 4.78 is 34.7. The van der Waals surface area contributed by atoms with Crippen molar-refractivity contribution in [3.63, 3.8) is 0 Å². The van der Waals surface area contributed by atoms with E-state index < -0.39 is 31.9 Å². The summed E-state index contributed by atoms with van der Waals surface area (Å²) in [5.41, 5.74) is 2.60. The molecular weight excluding hydrogens is 586 g/mol. The molecule has 0 bridgehead atoms. The lowest BCUT2D eigenvalue weighted by Crippen LogP contribution is -2.48.